The highest BCUT2D eigenvalue weighted by Gasteiger charge is 2.54. The summed E-state index contributed by atoms with van der Waals surface area (Å²) in [7, 11) is -0.925. The lowest BCUT2D eigenvalue weighted by atomic mass is 9.85. The monoisotopic (exact) mass is 236 g/mol. The summed E-state index contributed by atoms with van der Waals surface area (Å²) in [5.74, 6) is 2.62. The predicted molar refractivity (Wildman–Crippen MR) is 65.8 cm³/mol. The van der Waals surface area contributed by atoms with Gasteiger partial charge in [0, 0.05) is 0 Å². The summed E-state index contributed by atoms with van der Waals surface area (Å²) < 4.78 is 25.3. The van der Waals surface area contributed by atoms with Crippen molar-refractivity contribution >= 4 is 7.12 Å². The molecule has 1 aliphatic heterocycles. The largest absolute Gasteiger partial charge is 0.524 e. The van der Waals surface area contributed by atoms with Crippen LogP contribution in [0, 0.1) is 17.8 Å². The zero-order valence-electron chi connectivity index (χ0n) is 10.8. The third kappa shape index (κ3) is 2.14. The number of terminal acetylenes is 1. The van der Waals surface area contributed by atoms with Gasteiger partial charge < -0.3 is 9.31 Å². The van der Waals surface area contributed by atoms with Crippen LogP contribution in [0.5, 0.6) is 0 Å². The van der Waals surface area contributed by atoms with Crippen LogP contribution in [0.2, 0.25) is 0 Å². The van der Waals surface area contributed by atoms with E-state index in [2.05, 4.69) is 5.92 Å². The van der Waals surface area contributed by atoms with Gasteiger partial charge in [-0.05, 0) is 46.6 Å². The molecule has 0 N–H and O–H groups in total. The molecule has 0 bridgehead atoms. The summed E-state index contributed by atoms with van der Waals surface area (Å²) in [5.41, 5.74) is -1.84. The number of halogens is 1. The first-order valence-electron chi connectivity index (χ1n) is 5.93. The van der Waals surface area contributed by atoms with Crippen LogP contribution < -0.4 is 0 Å². The molecule has 92 valence electrons. The topological polar surface area (TPSA) is 18.5 Å². The van der Waals surface area contributed by atoms with Crippen molar-refractivity contribution in [2.45, 2.75) is 51.7 Å². The Balaban J connectivity index is 2.14. The minimum Gasteiger partial charge on any atom is -0.398 e. The molecule has 0 aromatic carbocycles. The van der Waals surface area contributed by atoms with Crippen molar-refractivity contribution in [1.82, 2.24) is 0 Å². The van der Waals surface area contributed by atoms with Gasteiger partial charge in [0.05, 0.1) is 16.6 Å². The second kappa shape index (κ2) is 3.60. The molecule has 1 saturated heterocycles. The van der Waals surface area contributed by atoms with Crippen molar-refractivity contribution in [1.29, 1.82) is 0 Å². The normalized spacial score (nSPS) is 28.9. The maximum Gasteiger partial charge on any atom is 0.524 e. The zero-order chi connectivity index (χ0) is 12.9. The van der Waals surface area contributed by atoms with Crippen LogP contribution in [-0.2, 0) is 9.31 Å². The van der Waals surface area contributed by atoms with Gasteiger partial charge in [-0.25, -0.2) is 4.39 Å². The predicted octanol–water partition coefficient (Wildman–Crippen LogP) is 2.88. The van der Waals surface area contributed by atoms with Gasteiger partial charge in [-0.3, -0.25) is 0 Å². The van der Waals surface area contributed by atoms with E-state index in [9.17, 15) is 4.39 Å². The SMILES string of the molecule is C#CC1(C=C(F)B2OC(C)(C)C(C)(C)O2)CC1. The van der Waals surface area contributed by atoms with Crippen LogP contribution >= 0.6 is 0 Å². The van der Waals surface area contributed by atoms with E-state index in [1.165, 1.54) is 6.08 Å². The molecule has 4 heteroatoms. The Kier molecular flexibility index (Phi) is 2.68. The Morgan fingerprint density at radius 1 is 1.24 bits per heavy atom. The fraction of sp³-hybridized carbons (Fsp3) is 0.692. The standard InChI is InChI=1S/C13H18BFO2/c1-6-13(7-8-13)9-10(15)14-16-11(2,3)12(4,5)17-14/h1,9H,7-8H2,2-5H3. The van der Waals surface area contributed by atoms with Crippen molar-refractivity contribution in [3.8, 4) is 12.3 Å². The van der Waals surface area contributed by atoms with E-state index in [0.717, 1.165) is 12.8 Å². The Morgan fingerprint density at radius 3 is 2.06 bits per heavy atom. The molecule has 0 spiro atoms. The van der Waals surface area contributed by atoms with Gasteiger partial charge >= 0.3 is 7.12 Å². The maximum atomic E-state index is 14.0. The van der Waals surface area contributed by atoms with Crippen LogP contribution in [0.15, 0.2) is 11.8 Å². The minimum absolute atomic E-state index is 0.395. The van der Waals surface area contributed by atoms with Crippen molar-refractivity contribution in [2.75, 3.05) is 0 Å². The van der Waals surface area contributed by atoms with Crippen molar-refractivity contribution in [2.24, 2.45) is 5.41 Å². The first-order valence-corrected chi connectivity index (χ1v) is 5.93. The molecular weight excluding hydrogens is 218 g/mol. The van der Waals surface area contributed by atoms with Gasteiger partial charge in [0.1, 0.15) is 5.73 Å². The maximum absolute atomic E-state index is 14.0. The Bertz CT molecular complexity index is 386. The molecule has 2 fully saturated rings. The van der Waals surface area contributed by atoms with Crippen LogP contribution in [0.1, 0.15) is 40.5 Å². The fourth-order valence-corrected chi connectivity index (χ4v) is 1.75. The van der Waals surface area contributed by atoms with Gasteiger partial charge in [-0.15, -0.1) is 6.42 Å². The molecule has 17 heavy (non-hydrogen) atoms. The molecule has 2 nitrogen and oxygen atoms in total. The van der Waals surface area contributed by atoms with Crippen molar-refractivity contribution < 1.29 is 13.7 Å². The zero-order valence-corrected chi connectivity index (χ0v) is 10.8. The van der Waals surface area contributed by atoms with Crippen molar-refractivity contribution in [3.05, 3.63) is 11.8 Å². The van der Waals surface area contributed by atoms with E-state index in [0.29, 0.717) is 0 Å². The van der Waals surface area contributed by atoms with Crippen LogP contribution in [0.4, 0.5) is 4.39 Å². The van der Waals surface area contributed by atoms with Crippen molar-refractivity contribution in [3.63, 3.8) is 0 Å². The smallest absolute Gasteiger partial charge is 0.398 e. The van der Waals surface area contributed by atoms with Gasteiger partial charge in [-0.2, -0.15) is 0 Å². The molecule has 0 amide bonds. The van der Waals surface area contributed by atoms with Gasteiger partial charge in [-0.1, -0.05) is 5.92 Å². The molecule has 0 radical (unpaired) electrons. The first kappa shape index (κ1) is 12.7. The Labute approximate surface area is 103 Å². The number of hydrogen-bond donors (Lipinski definition) is 0. The molecule has 0 aromatic heterocycles. The second-order valence-electron chi connectivity index (χ2n) is 5.92. The quantitative estimate of drug-likeness (QED) is 0.542. The lowest BCUT2D eigenvalue weighted by Gasteiger charge is -2.32. The second-order valence-corrected chi connectivity index (χ2v) is 5.92. The van der Waals surface area contributed by atoms with Crippen LogP contribution in [0.25, 0.3) is 0 Å². The summed E-state index contributed by atoms with van der Waals surface area (Å²) in [6.07, 6.45) is 8.55. The average Bonchev–Trinajstić information content (AvgIpc) is 2.91. The van der Waals surface area contributed by atoms with Gasteiger partial charge in [0.25, 0.3) is 0 Å². The van der Waals surface area contributed by atoms with E-state index in [-0.39, 0.29) is 0 Å². The molecule has 1 saturated carbocycles. The fourth-order valence-electron chi connectivity index (χ4n) is 1.75. The van der Waals surface area contributed by atoms with Gasteiger partial charge in [0.15, 0.2) is 0 Å². The summed E-state index contributed by atoms with van der Waals surface area (Å²) in [5, 5.41) is 0. The molecule has 1 heterocycles. The van der Waals surface area contributed by atoms with E-state index in [1.54, 1.807) is 0 Å². The Hall–Kier alpha value is -0.785. The summed E-state index contributed by atoms with van der Waals surface area (Å²) in [4.78, 5) is 0. The third-order valence-corrected chi connectivity index (χ3v) is 3.97. The van der Waals surface area contributed by atoms with E-state index < -0.39 is 29.5 Å². The van der Waals surface area contributed by atoms with E-state index in [4.69, 9.17) is 15.7 Å². The molecule has 1 aliphatic carbocycles. The summed E-state index contributed by atoms with van der Waals surface area (Å²) in [6.45, 7) is 7.59. The molecular formula is C13H18BFO2. The highest BCUT2D eigenvalue weighted by Crippen LogP contribution is 2.48. The lowest BCUT2D eigenvalue weighted by Crippen LogP contribution is -2.41. The van der Waals surface area contributed by atoms with E-state index >= 15 is 0 Å². The summed E-state index contributed by atoms with van der Waals surface area (Å²) in [6, 6.07) is 0. The third-order valence-electron chi connectivity index (χ3n) is 3.97. The van der Waals surface area contributed by atoms with Gasteiger partial charge in [0.2, 0.25) is 0 Å². The first-order chi connectivity index (χ1) is 7.71. The molecule has 2 aliphatic rings. The number of rotatable bonds is 2. The minimum atomic E-state index is -0.925. The average molecular weight is 236 g/mol. The molecule has 0 atom stereocenters. The molecule has 0 aromatic rings. The van der Waals surface area contributed by atoms with Crippen LogP contribution in [-0.4, -0.2) is 18.3 Å². The highest BCUT2D eigenvalue weighted by molar-refractivity contribution is 6.53. The van der Waals surface area contributed by atoms with E-state index in [1.807, 2.05) is 27.7 Å². The van der Waals surface area contributed by atoms with Crippen LogP contribution in [0.3, 0.4) is 0 Å². The number of hydrogen-bond acceptors (Lipinski definition) is 2. The summed E-state index contributed by atoms with van der Waals surface area (Å²) >= 11 is 0. The highest BCUT2D eigenvalue weighted by atomic mass is 19.1. The molecule has 2 rings (SSSR count). The Morgan fingerprint density at radius 2 is 1.71 bits per heavy atom. The number of allylic oxidation sites excluding steroid dienone is 1. The molecule has 0 unspecified atom stereocenters. The lowest BCUT2D eigenvalue weighted by molar-refractivity contribution is 0.00578.